The van der Waals surface area contributed by atoms with Crippen LogP contribution in [0.1, 0.15) is 26.0 Å². The van der Waals surface area contributed by atoms with Gasteiger partial charge in [-0.3, -0.25) is 9.59 Å². The number of aromatic amines is 1. The van der Waals surface area contributed by atoms with Crippen molar-refractivity contribution in [3.05, 3.63) is 64.3 Å². The minimum absolute atomic E-state index is 0.00924. The number of nitrogens with zero attached hydrogens (tertiary/aromatic N) is 4. The minimum atomic E-state index is -0.379. The number of halogens is 1. The lowest BCUT2D eigenvalue weighted by molar-refractivity contribution is -0.131. The summed E-state index contributed by atoms with van der Waals surface area (Å²) in [7, 11) is 1.55. The van der Waals surface area contributed by atoms with E-state index in [0.717, 1.165) is 5.69 Å². The van der Waals surface area contributed by atoms with Crippen molar-refractivity contribution in [3.63, 3.8) is 0 Å². The van der Waals surface area contributed by atoms with Gasteiger partial charge in [0.1, 0.15) is 11.5 Å². The Bertz CT molecular complexity index is 1250. The van der Waals surface area contributed by atoms with E-state index in [1.54, 1.807) is 42.3 Å². The molecule has 9 nitrogen and oxygen atoms in total. The van der Waals surface area contributed by atoms with E-state index < -0.39 is 0 Å². The SMILES string of the molecule is COc1cc(-c2nnc(CCC(=O)N3CCN(c4ccc(F)cc4)CC3)c(=O)[nH]2)ccc1OC(C)C. The summed E-state index contributed by atoms with van der Waals surface area (Å²) in [5.41, 5.74) is 1.40. The Morgan fingerprint density at radius 1 is 1.06 bits per heavy atom. The number of carbonyl (C=O) groups excluding carboxylic acids is 1. The van der Waals surface area contributed by atoms with Gasteiger partial charge in [0.25, 0.3) is 5.56 Å². The highest BCUT2D eigenvalue weighted by molar-refractivity contribution is 5.76. The Morgan fingerprint density at radius 3 is 2.42 bits per heavy atom. The highest BCUT2D eigenvalue weighted by atomic mass is 19.1. The van der Waals surface area contributed by atoms with E-state index in [1.807, 2.05) is 13.8 Å². The third kappa shape index (κ3) is 5.99. The third-order valence-electron chi connectivity index (χ3n) is 5.96. The van der Waals surface area contributed by atoms with Crippen LogP contribution in [-0.2, 0) is 11.2 Å². The zero-order chi connectivity index (χ0) is 25.7. The van der Waals surface area contributed by atoms with Gasteiger partial charge in [-0.25, -0.2) is 4.39 Å². The molecule has 0 unspecified atom stereocenters. The van der Waals surface area contributed by atoms with Crippen LogP contribution in [0, 0.1) is 5.82 Å². The molecule has 190 valence electrons. The van der Waals surface area contributed by atoms with Crippen molar-refractivity contribution in [2.24, 2.45) is 0 Å². The highest BCUT2D eigenvalue weighted by Gasteiger charge is 2.22. The molecule has 2 heterocycles. The lowest BCUT2D eigenvalue weighted by Gasteiger charge is -2.36. The smallest absolute Gasteiger partial charge is 0.273 e. The topological polar surface area (TPSA) is 101 Å². The standard InChI is InChI=1S/C26H30FN5O4/c1-17(2)36-22-10-4-18(16-23(22)35-3)25-28-26(34)21(29-30-25)9-11-24(33)32-14-12-31(13-15-32)20-7-5-19(27)6-8-20/h4-8,10,16-17H,9,11-15H2,1-3H3,(H,28,30,34). The summed E-state index contributed by atoms with van der Waals surface area (Å²) >= 11 is 0. The van der Waals surface area contributed by atoms with Crippen molar-refractivity contribution in [2.75, 3.05) is 38.2 Å². The van der Waals surface area contributed by atoms with Gasteiger partial charge in [-0.2, -0.15) is 0 Å². The number of amides is 1. The first kappa shape index (κ1) is 25.2. The van der Waals surface area contributed by atoms with Gasteiger partial charge in [-0.05, 0) is 56.3 Å². The molecule has 36 heavy (non-hydrogen) atoms. The average molecular weight is 496 g/mol. The average Bonchev–Trinajstić information content (AvgIpc) is 2.88. The second kappa shape index (κ2) is 11.2. The fourth-order valence-corrected chi connectivity index (χ4v) is 4.07. The van der Waals surface area contributed by atoms with Crippen molar-refractivity contribution >= 4 is 11.6 Å². The molecule has 1 N–H and O–H groups in total. The number of ether oxygens (including phenoxy) is 2. The van der Waals surface area contributed by atoms with Crippen LogP contribution < -0.4 is 19.9 Å². The van der Waals surface area contributed by atoms with Crippen LogP contribution >= 0.6 is 0 Å². The molecule has 1 aliphatic rings. The first-order valence-corrected chi connectivity index (χ1v) is 11.9. The van der Waals surface area contributed by atoms with Crippen molar-refractivity contribution in [2.45, 2.75) is 32.8 Å². The van der Waals surface area contributed by atoms with Crippen LogP contribution in [0.3, 0.4) is 0 Å². The monoisotopic (exact) mass is 495 g/mol. The molecular formula is C26H30FN5O4. The maximum atomic E-state index is 13.2. The van der Waals surface area contributed by atoms with Gasteiger partial charge in [0.15, 0.2) is 17.3 Å². The number of hydrogen-bond acceptors (Lipinski definition) is 7. The fourth-order valence-electron chi connectivity index (χ4n) is 4.07. The van der Waals surface area contributed by atoms with Gasteiger partial charge < -0.3 is 24.3 Å². The van der Waals surface area contributed by atoms with Crippen molar-refractivity contribution < 1.29 is 18.7 Å². The summed E-state index contributed by atoms with van der Waals surface area (Å²) in [6.07, 6.45) is 0.359. The number of anilines is 1. The van der Waals surface area contributed by atoms with E-state index in [0.29, 0.717) is 49.1 Å². The Labute approximate surface area is 208 Å². The Balaban J connectivity index is 1.34. The van der Waals surface area contributed by atoms with Crippen molar-refractivity contribution in [1.29, 1.82) is 0 Å². The number of nitrogens with one attached hydrogen (secondary N) is 1. The zero-order valence-electron chi connectivity index (χ0n) is 20.7. The van der Waals surface area contributed by atoms with E-state index in [9.17, 15) is 14.0 Å². The first-order chi connectivity index (χ1) is 17.3. The molecule has 0 bridgehead atoms. The molecule has 2 aromatic carbocycles. The summed E-state index contributed by atoms with van der Waals surface area (Å²) < 4.78 is 24.3. The molecule has 1 saturated heterocycles. The molecule has 3 aromatic rings. The second-order valence-corrected chi connectivity index (χ2v) is 8.83. The number of rotatable bonds is 8. The molecule has 10 heteroatoms. The number of carbonyl (C=O) groups is 1. The largest absolute Gasteiger partial charge is 0.493 e. The van der Waals surface area contributed by atoms with E-state index in [1.165, 1.54) is 12.1 Å². The number of methoxy groups -OCH3 is 1. The summed E-state index contributed by atoms with van der Waals surface area (Å²) in [4.78, 5) is 32.0. The molecule has 1 aromatic heterocycles. The number of H-pyrrole nitrogens is 1. The number of piperazine rings is 1. The van der Waals surface area contributed by atoms with Crippen LogP contribution in [-0.4, -0.2) is 65.4 Å². The normalized spacial score (nSPS) is 13.7. The van der Waals surface area contributed by atoms with E-state index in [-0.39, 0.29) is 41.9 Å². The van der Waals surface area contributed by atoms with Crippen molar-refractivity contribution in [3.8, 4) is 22.9 Å². The zero-order valence-corrected chi connectivity index (χ0v) is 20.7. The fraction of sp³-hybridized carbons (Fsp3) is 0.385. The number of aryl methyl sites for hydroxylation is 1. The Kier molecular flexibility index (Phi) is 7.82. The molecule has 4 rings (SSSR count). The van der Waals surface area contributed by atoms with Crippen LogP contribution in [0.15, 0.2) is 47.3 Å². The van der Waals surface area contributed by atoms with Gasteiger partial charge in [-0.1, -0.05) is 0 Å². The van der Waals surface area contributed by atoms with Crippen LogP contribution in [0.25, 0.3) is 11.4 Å². The lowest BCUT2D eigenvalue weighted by Crippen LogP contribution is -2.48. The molecule has 0 atom stereocenters. The van der Waals surface area contributed by atoms with Gasteiger partial charge >= 0.3 is 0 Å². The number of aromatic nitrogens is 3. The quantitative estimate of drug-likeness (QED) is 0.513. The summed E-state index contributed by atoms with van der Waals surface area (Å²) in [6, 6.07) is 11.6. The second-order valence-electron chi connectivity index (χ2n) is 8.83. The van der Waals surface area contributed by atoms with E-state index in [4.69, 9.17) is 9.47 Å². The maximum Gasteiger partial charge on any atom is 0.273 e. The molecule has 0 saturated carbocycles. The molecule has 1 fully saturated rings. The third-order valence-corrected chi connectivity index (χ3v) is 5.96. The number of benzene rings is 2. The van der Waals surface area contributed by atoms with Crippen molar-refractivity contribution in [1.82, 2.24) is 20.1 Å². The molecular weight excluding hydrogens is 465 g/mol. The molecule has 0 aliphatic carbocycles. The number of hydrogen-bond donors (Lipinski definition) is 1. The van der Waals surface area contributed by atoms with Crippen LogP contribution in [0.2, 0.25) is 0 Å². The molecule has 1 aliphatic heterocycles. The predicted molar refractivity (Wildman–Crippen MR) is 134 cm³/mol. The van der Waals surface area contributed by atoms with Crippen LogP contribution in [0.5, 0.6) is 11.5 Å². The van der Waals surface area contributed by atoms with Gasteiger partial charge in [0.2, 0.25) is 5.91 Å². The highest BCUT2D eigenvalue weighted by Crippen LogP contribution is 2.31. The molecule has 0 radical (unpaired) electrons. The summed E-state index contributed by atoms with van der Waals surface area (Å²) in [5.74, 6) is 1.12. The van der Waals surface area contributed by atoms with Gasteiger partial charge in [-0.15, -0.1) is 10.2 Å². The first-order valence-electron chi connectivity index (χ1n) is 11.9. The molecule has 0 spiro atoms. The summed E-state index contributed by atoms with van der Waals surface area (Å²) in [5, 5.41) is 8.24. The maximum absolute atomic E-state index is 13.2. The minimum Gasteiger partial charge on any atom is -0.493 e. The van der Waals surface area contributed by atoms with E-state index in [2.05, 4.69) is 20.1 Å². The lowest BCUT2D eigenvalue weighted by atomic mass is 10.1. The predicted octanol–water partition coefficient (Wildman–Crippen LogP) is 3.05. The Hall–Kier alpha value is -3.95. The molecule has 1 amide bonds. The summed E-state index contributed by atoms with van der Waals surface area (Å²) in [6.45, 7) is 6.31. The van der Waals surface area contributed by atoms with Crippen LogP contribution in [0.4, 0.5) is 10.1 Å². The van der Waals surface area contributed by atoms with E-state index >= 15 is 0 Å². The Morgan fingerprint density at radius 2 is 1.78 bits per heavy atom. The van der Waals surface area contributed by atoms with Gasteiger partial charge in [0.05, 0.1) is 13.2 Å². The van der Waals surface area contributed by atoms with Gasteiger partial charge in [0, 0.05) is 50.3 Å².